The van der Waals surface area contributed by atoms with Crippen LogP contribution in [0, 0.1) is 0 Å². The van der Waals surface area contributed by atoms with Crippen molar-refractivity contribution in [1.82, 2.24) is 14.6 Å². The second kappa shape index (κ2) is 7.71. The minimum absolute atomic E-state index is 0.135. The van der Waals surface area contributed by atoms with Crippen LogP contribution in [0.15, 0.2) is 65.7 Å². The molecular weight excluding hydrogens is 390 g/mol. The van der Waals surface area contributed by atoms with E-state index in [1.807, 2.05) is 0 Å². The molecule has 2 amide bonds. The van der Waals surface area contributed by atoms with E-state index in [4.69, 9.17) is 0 Å². The second-order valence-electron chi connectivity index (χ2n) is 6.99. The molecule has 2 heterocycles. The van der Waals surface area contributed by atoms with Crippen LogP contribution in [-0.4, -0.2) is 36.8 Å². The van der Waals surface area contributed by atoms with E-state index in [9.17, 15) is 18.0 Å². The van der Waals surface area contributed by atoms with E-state index in [0.29, 0.717) is 23.9 Å². The molecule has 0 bridgehead atoms. The van der Waals surface area contributed by atoms with E-state index in [1.54, 1.807) is 42.5 Å². The lowest BCUT2D eigenvalue weighted by Crippen LogP contribution is -2.45. The lowest BCUT2D eigenvalue weighted by atomic mass is 10.1. The number of nitrogens with one attached hydrogen (secondary N) is 2. The van der Waals surface area contributed by atoms with Crippen molar-refractivity contribution in [3.05, 3.63) is 66.4 Å². The van der Waals surface area contributed by atoms with Gasteiger partial charge in [-0.05, 0) is 37.5 Å². The highest BCUT2D eigenvalue weighted by molar-refractivity contribution is 7.90. The first-order valence-corrected chi connectivity index (χ1v) is 10.9. The van der Waals surface area contributed by atoms with Gasteiger partial charge in [0.25, 0.3) is 15.9 Å². The quantitative estimate of drug-likeness (QED) is 0.688. The first kappa shape index (κ1) is 19.2. The summed E-state index contributed by atoms with van der Waals surface area (Å²) in [5.74, 6) is -0.679. The Bertz CT molecular complexity index is 1170. The fourth-order valence-corrected chi connectivity index (χ4v) is 4.94. The molecule has 0 aliphatic carbocycles. The Balaban J connectivity index is 1.75. The van der Waals surface area contributed by atoms with Crippen molar-refractivity contribution in [3.63, 3.8) is 0 Å². The van der Waals surface area contributed by atoms with Crippen molar-refractivity contribution in [2.75, 3.05) is 6.54 Å². The maximum Gasteiger partial charge on any atom is 0.268 e. The van der Waals surface area contributed by atoms with Crippen LogP contribution in [0.2, 0.25) is 0 Å². The molecule has 29 heavy (non-hydrogen) atoms. The van der Waals surface area contributed by atoms with Gasteiger partial charge in [0.1, 0.15) is 6.04 Å². The number of hydrogen-bond donors (Lipinski definition) is 2. The largest absolute Gasteiger partial charge is 0.354 e. The smallest absolute Gasteiger partial charge is 0.268 e. The topological polar surface area (TPSA) is 97.3 Å². The highest BCUT2D eigenvalue weighted by atomic mass is 32.2. The summed E-state index contributed by atoms with van der Waals surface area (Å²) >= 11 is 0. The molecular formula is C21H21N3O4S. The van der Waals surface area contributed by atoms with Gasteiger partial charge < -0.3 is 10.6 Å². The second-order valence-corrected chi connectivity index (χ2v) is 8.80. The fraction of sp³-hybridized carbons (Fsp3) is 0.238. The van der Waals surface area contributed by atoms with Crippen molar-refractivity contribution in [2.45, 2.75) is 30.2 Å². The molecule has 1 fully saturated rings. The molecule has 4 rings (SSSR count). The summed E-state index contributed by atoms with van der Waals surface area (Å²) in [6, 6.07) is 14.3. The van der Waals surface area contributed by atoms with Crippen molar-refractivity contribution >= 4 is 32.7 Å². The summed E-state index contributed by atoms with van der Waals surface area (Å²) < 4.78 is 27.4. The van der Waals surface area contributed by atoms with Gasteiger partial charge >= 0.3 is 0 Å². The van der Waals surface area contributed by atoms with Crippen LogP contribution in [0.4, 0.5) is 0 Å². The van der Waals surface area contributed by atoms with Gasteiger partial charge in [-0.15, -0.1) is 0 Å². The number of carbonyl (C=O) groups is 2. The van der Waals surface area contributed by atoms with Gasteiger partial charge in [-0.1, -0.05) is 36.4 Å². The van der Waals surface area contributed by atoms with E-state index in [2.05, 4.69) is 10.6 Å². The van der Waals surface area contributed by atoms with Crippen LogP contribution in [0.1, 0.15) is 29.6 Å². The average Bonchev–Trinajstić information content (AvgIpc) is 3.02. The molecule has 2 N–H and O–H groups in total. The molecule has 1 aromatic heterocycles. The highest BCUT2D eigenvalue weighted by Gasteiger charge is 2.27. The van der Waals surface area contributed by atoms with E-state index < -0.39 is 22.0 Å². The third-order valence-electron chi connectivity index (χ3n) is 5.06. The van der Waals surface area contributed by atoms with Crippen LogP contribution in [0.25, 0.3) is 10.9 Å². The van der Waals surface area contributed by atoms with Crippen LogP contribution in [0.5, 0.6) is 0 Å². The van der Waals surface area contributed by atoms with Gasteiger partial charge in [0.15, 0.2) is 0 Å². The third-order valence-corrected chi connectivity index (χ3v) is 6.75. The summed E-state index contributed by atoms with van der Waals surface area (Å²) in [4.78, 5) is 25.3. The number of nitrogens with zero attached hydrogens (tertiary/aromatic N) is 1. The molecule has 0 radical (unpaired) electrons. The van der Waals surface area contributed by atoms with Gasteiger partial charge in [0.05, 0.1) is 16.0 Å². The zero-order chi connectivity index (χ0) is 20.4. The van der Waals surface area contributed by atoms with E-state index in [0.717, 1.165) is 16.8 Å². The normalized spacial score (nSPS) is 17.5. The van der Waals surface area contributed by atoms with Crippen LogP contribution in [0.3, 0.4) is 0 Å². The zero-order valence-corrected chi connectivity index (χ0v) is 16.5. The van der Waals surface area contributed by atoms with Crippen molar-refractivity contribution < 1.29 is 18.0 Å². The fourth-order valence-electron chi connectivity index (χ4n) is 3.55. The summed E-state index contributed by atoms with van der Waals surface area (Å²) in [6.07, 6.45) is 3.58. The van der Waals surface area contributed by atoms with Crippen molar-refractivity contribution in [2.24, 2.45) is 0 Å². The van der Waals surface area contributed by atoms with Gasteiger partial charge in [-0.3, -0.25) is 9.59 Å². The molecule has 0 saturated carbocycles. The molecule has 8 heteroatoms. The number of rotatable bonds is 4. The van der Waals surface area contributed by atoms with Crippen LogP contribution < -0.4 is 10.6 Å². The zero-order valence-electron chi connectivity index (χ0n) is 15.7. The predicted octanol–water partition coefficient (Wildman–Crippen LogP) is 2.28. The Kier molecular flexibility index (Phi) is 5.10. The minimum atomic E-state index is -3.87. The molecule has 1 saturated heterocycles. The number of carbonyl (C=O) groups excluding carboxylic acids is 2. The Hall–Kier alpha value is -3.13. The maximum absolute atomic E-state index is 13.1. The summed E-state index contributed by atoms with van der Waals surface area (Å²) in [7, 11) is -3.87. The van der Waals surface area contributed by atoms with Gasteiger partial charge in [0.2, 0.25) is 5.91 Å². The molecule has 0 unspecified atom stereocenters. The van der Waals surface area contributed by atoms with Gasteiger partial charge in [0, 0.05) is 18.1 Å². The van der Waals surface area contributed by atoms with E-state index in [-0.39, 0.29) is 16.4 Å². The lowest BCUT2D eigenvalue weighted by Gasteiger charge is -2.14. The number of para-hydroxylation sites is 1. The van der Waals surface area contributed by atoms with E-state index in [1.165, 1.54) is 18.3 Å². The maximum atomic E-state index is 13.1. The van der Waals surface area contributed by atoms with E-state index >= 15 is 0 Å². The Morgan fingerprint density at radius 3 is 2.55 bits per heavy atom. The standard InChI is InChI=1S/C21H21N3O4S/c25-20(23-18-11-6-7-13-22-21(18)26)17-14-24(19-12-5-4-10-16(17)19)29(27,28)15-8-2-1-3-9-15/h1-5,8-10,12,14,18H,6-7,11,13H2,(H,22,26)(H,23,25)/t18-/m0/s1. The Labute approximate surface area is 168 Å². The summed E-state index contributed by atoms with van der Waals surface area (Å²) in [5.41, 5.74) is 0.629. The Morgan fingerprint density at radius 2 is 1.76 bits per heavy atom. The summed E-state index contributed by atoms with van der Waals surface area (Å²) in [6.45, 7) is 0.597. The van der Waals surface area contributed by atoms with Gasteiger partial charge in [-0.25, -0.2) is 12.4 Å². The molecule has 7 nitrogen and oxygen atoms in total. The molecule has 1 aliphatic heterocycles. The molecule has 1 atom stereocenters. The number of benzene rings is 2. The molecule has 3 aromatic rings. The van der Waals surface area contributed by atoms with Crippen molar-refractivity contribution in [1.29, 1.82) is 0 Å². The average molecular weight is 411 g/mol. The monoisotopic (exact) mass is 411 g/mol. The summed E-state index contributed by atoms with van der Waals surface area (Å²) in [5, 5.41) is 6.06. The van der Waals surface area contributed by atoms with Crippen molar-refractivity contribution in [3.8, 4) is 0 Å². The molecule has 2 aromatic carbocycles. The number of hydrogen-bond acceptors (Lipinski definition) is 4. The predicted molar refractivity (Wildman–Crippen MR) is 109 cm³/mol. The molecule has 1 aliphatic rings. The highest BCUT2D eigenvalue weighted by Crippen LogP contribution is 2.26. The first-order valence-electron chi connectivity index (χ1n) is 9.48. The number of aromatic nitrogens is 1. The number of amides is 2. The lowest BCUT2D eigenvalue weighted by molar-refractivity contribution is -0.122. The first-order chi connectivity index (χ1) is 14.0. The Morgan fingerprint density at radius 1 is 1.03 bits per heavy atom. The minimum Gasteiger partial charge on any atom is -0.354 e. The third kappa shape index (κ3) is 3.63. The number of fused-ring (bicyclic) bond motifs is 1. The molecule has 0 spiro atoms. The SMILES string of the molecule is O=C(N[C@H]1CCCCNC1=O)c1cn(S(=O)(=O)c2ccccc2)c2ccccc12. The van der Waals surface area contributed by atoms with Gasteiger partial charge in [-0.2, -0.15) is 0 Å². The van der Waals surface area contributed by atoms with Crippen LogP contribution in [-0.2, 0) is 14.8 Å². The molecule has 150 valence electrons. The van der Waals surface area contributed by atoms with Crippen LogP contribution >= 0.6 is 0 Å².